The molecule has 0 spiro atoms. The number of hydrogen-bond donors (Lipinski definition) is 4. The van der Waals surface area contributed by atoms with Crippen LogP contribution in [0.5, 0.6) is 0 Å². The van der Waals surface area contributed by atoms with Gasteiger partial charge in [-0.25, -0.2) is 24.4 Å². The number of amides is 6. The maximum Gasteiger partial charge on any atom is 0.407 e. The molecule has 16 heteroatoms. The van der Waals surface area contributed by atoms with Gasteiger partial charge in [0.05, 0.1) is 31.6 Å². The zero-order chi connectivity index (χ0) is 39.6. The highest BCUT2D eigenvalue weighted by Crippen LogP contribution is 2.34. The summed E-state index contributed by atoms with van der Waals surface area (Å²) in [5.41, 5.74) is 3.85. The Balaban J connectivity index is 1.20. The van der Waals surface area contributed by atoms with E-state index >= 15 is 0 Å². The molecular formula is C39H48N8O8. The Morgan fingerprint density at radius 2 is 1.65 bits per heavy atom. The molecule has 1 aromatic heterocycles. The monoisotopic (exact) mass is 756 g/mol. The lowest BCUT2D eigenvalue weighted by Gasteiger charge is -2.30. The topological polar surface area (TPSA) is 204 Å². The van der Waals surface area contributed by atoms with Crippen molar-refractivity contribution in [2.75, 3.05) is 39.2 Å². The molecule has 3 aromatic rings. The van der Waals surface area contributed by atoms with Crippen molar-refractivity contribution in [1.29, 1.82) is 0 Å². The highest BCUT2D eigenvalue weighted by molar-refractivity contribution is 6.04. The number of aromatic nitrogens is 2. The van der Waals surface area contributed by atoms with Gasteiger partial charge in [-0.1, -0.05) is 57.2 Å². The Kier molecular flexibility index (Phi) is 13.5. The van der Waals surface area contributed by atoms with Crippen molar-refractivity contribution in [2.45, 2.75) is 70.7 Å². The normalized spacial score (nSPS) is 18.2. The van der Waals surface area contributed by atoms with Gasteiger partial charge in [0.2, 0.25) is 12.0 Å². The van der Waals surface area contributed by atoms with E-state index in [0.29, 0.717) is 37.4 Å². The number of anilines is 1. The molecule has 2 aliphatic rings. The predicted molar refractivity (Wildman–Crippen MR) is 202 cm³/mol. The van der Waals surface area contributed by atoms with Crippen LogP contribution in [0.4, 0.5) is 15.3 Å². The van der Waals surface area contributed by atoms with E-state index in [1.54, 1.807) is 43.1 Å². The standard InChI is InChI=1S/C39H48N8O8/c1-23(2)32(44-39(53)55-5)36(50)47-18-8-12-31(47)35(49)45-38(52)42-28-10-6-9-27(19-28)25-13-15-26(16-14-25)29-21-41-34(43-29)30-11-7-17-46(30)37(51)33(54-4)24(3)20-40-22-48/h6,9-10,13-16,19,21,23-24,30-33H,7-8,11-12,17-18,20H2,1-5H3,(H,41,43)(H,44,53)(H2,42,45,49,52)/t24?,30-,31-,32-,33-/m0/s1. The molecule has 1 unspecified atom stereocenters. The summed E-state index contributed by atoms with van der Waals surface area (Å²) in [4.78, 5) is 90.1. The molecule has 0 aliphatic carbocycles. The molecule has 3 heterocycles. The number of aliphatic imine (C=N–C) groups is 1. The molecule has 4 N–H and O–H groups in total. The molecule has 5 atom stereocenters. The second-order valence-electron chi connectivity index (χ2n) is 14.1. The second kappa shape index (κ2) is 18.5. The second-order valence-corrected chi connectivity index (χ2v) is 14.1. The quantitative estimate of drug-likeness (QED) is 0.144. The summed E-state index contributed by atoms with van der Waals surface area (Å²) in [6, 6.07) is 12.3. The third kappa shape index (κ3) is 9.63. The van der Waals surface area contributed by atoms with Gasteiger partial charge in [0, 0.05) is 31.8 Å². The summed E-state index contributed by atoms with van der Waals surface area (Å²) < 4.78 is 10.2. The minimum atomic E-state index is -0.884. The van der Waals surface area contributed by atoms with Crippen LogP contribution in [0.3, 0.4) is 0 Å². The predicted octanol–water partition coefficient (Wildman–Crippen LogP) is 4.41. The zero-order valence-corrected chi connectivity index (χ0v) is 31.7. The van der Waals surface area contributed by atoms with Gasteiger partial charge in [0.15, 0.2) is 0 Å². The molecule has 0 saturated carbocycles. The fourth-order valence-corrected chi connectivity index (χ4v) is 7.14. The van der Waals surface area contributed by atoms with Crippen LogP contribution in [0.2, 0.25) is 0 Å². The minimum Gasteiger partial charge on any atom is -0.453 e. The molecule has 2 aliphatic heterocycles. The molecular weight excluding hydrogens is 708 g/mol. The number of ether oxygens (including phenoxy) is 2. The SMILES string of the molecule is COC(=O)N[C@H](C(=O)N1CCC[C@H]1C(=O)NC(=O)Nc1cccc(-c2ccc(-c3cnc([C@@H]4CCCN4C(=O)[C@@H](OC)C(C)CN=C=O)[nH]3)cc2)c1)C(C)C. The number of hydrogen-bond acceptors (Lipinski definition) is 10. The van der Waals surface area contributed by atoms with Crippen LogP contribution in [0.15, 0.2) is 59.7 Å². The number of benzene rings is 2. The first kappa shape index (κ1) is 40.3. The summed E-state index contributed by atoms with van der Waals surface area (Å²) in [7, 11) is 2.69. The first-order chi connectivity index (χ1) is 26.4. The van der Waals surface area contributed by atoms with Crippen LogP contribution < -0.4 is 16.0 Å². The highest BCUT2D eigenvalue weighted by atomic mass is 16.5. The molecule has 2 saturated heterocycles. The number of rotatable bonds is 13. The maximum absolute atomic E-state index is 13.5. The van der Waals surface area contributed by atoms with Gasteiger partial charge in [0.25, 0.3) is 11.8 Å². The van der Waals surface area contributed by atoms with E-state index in [2.05, 4.69) is 35.6 Å². The molecule has 6 amide bonds. The third-order valence-electron chi connectivity index (χ3n) is 10.0. The van der Waals surface area contributed by atoms with Crippen LogP contribution in [-0.4, -0.2) is 108 Å². The van der Waals surface area contributed by atoms with Gasteiger partial charge in [-0.3, -0.25) is 19.7 Å². The van der Waals surface area contributed by atoms with E-state index < -0.39 is 42.1 Å². The molecule has 0 bridgehead atoms. The van der Waals surface area contributed by atoms with Crippen LogP contribution in [0.25, 0.3) is 22.4 Å². The first-order valence-corrected chi connectivity index (χ1v) is 18.3. The molecule has 16 nitrogen and oxygen atoms in total. The fraction of sp³-hybridized carbons (Fsp3) is 0.462. The summed E-state index contributed by atoms with van der Waals surface area (Å²) in [6.07, 6.45) is 4.30. The number of imidazole rings is 1. The Labute approximate surface area is 319 Å². The molecule has 2 aromatic carbocycles. The molecule has 55 heavy (non-hydrogen) atoms. The number of isocyanates is 1. The molecule has 5 rings (SSSR count). The zero-order valence-electron chi connectivity index (χ0n) is 31.7. The Morgan fingerprint density at radius 1 is 0.945 bits per heavy atom. The van der Waals surface area contributed by atoms with E-state index in [1.807, 2.05) is 37.3 Å². The van der Waals surface area contributed by atoms with E-state index in [9.17, 15) is 28.8 Å². The maximum atomic E-state index is 13.5. The number of alkyl carbamates (subject to hydrolysis) is 1. The summed E-state index contributed by atoms with van der Waals surface area (Å²) in [6.45, 7) is 6.41. The number of H-pyrrole nitrogens is 1. The largest absolute Gasteiger partial charge is 0.453 e. The number of nitrogens with zero attached hydrogens (tertiary/aromatic N) is 4. The van der Waals surface area contributed by atoms with E-state index in [0.717, 1.165) is 35.2 Å². The van der Waals surface area contributed by atoms with Gasteiger partial charge in [0.1, 0.15) is 24.0 Å². The molecule has 0 radical (unpaired) electrons. The number of likely N-dealkylation sites (tertiary alicyclic amines) is 2. The van der Waals surface area contributed by atoms with Crippen molar-refractivity contribution < 1.29 is 38.2 Å². The van der Waals surface area contributed by atoms with Crippen LogP contribution in [-0.2, 0) is 28.7 Å². The van der Waals surface area contributed by atoms with Crippen molar-refractivity contribution in [3.8, 4) is 22.4 Å². The summed E-state index contributed by atoms with van der Waals surface area (Å²) in [5.74, 6) is -1.06. The van der Waals surface area contributed by atoms with E-state index in [4.69, 9.17) is 4.74 Å². The number of carbonyl (C=O) groups excluding carboxylic acids is 6. The van der Waals surface area contributed by atoms with Crippen molar-refractivity contribution in [1.82, 2.24) is 30.4 Å². The lowest BCUT2D eigenvalue weighted by atomic mass is 10.0. The van der Waals surface area contributed by atoms with E-state index in [-0.39, 0.29) is 30.3 Å². The average molecular weight is 757 g/mol. The van der Waals surface area contributed by atoms with Crippen LogP contribution in [0, 0.1) is 11.8 Å². The van der Waals surface area contributed by atoms with Crippen molar-refractivity contribution in [3.05, 3.63) is 60.6 Å². The summed E-state index contributed by atoms with van der Waals surface area (Å²) >= 11 is 0. The van der Waals surface area contributed by atoms with Crippen molar-refractivity contribution >= 4 is 41.6 Å². The third-order valence-corrected chi connectivity index (χ3v) is 10.0. The van der Waals surface area contributed by atoms with Gasteiger partial charge in [-0.15, -0.1) is 0 Å². The highest BCUT2D eigenvalue weighted by Gasteiger charge is 2.40. The number of nitrogens with one attached hydrogen (secondary N) is 4. The Morgan fingerprint density at radius 3 is 2.35 bits per heavy atom. The lowest BCUT2D eigenvalue weighted by Crippen LogP contribution is -2.55. The number of aromatic amines is 1. The smallest absolute Gasteiger partial charge is 0.407 e. The van der Waals surface area contributed by atoms with Gasteiger partial charge >= 0.3 is 12.1 Å². The number of methoxy groups -OCH3 is 2. The number of imide groups is 1. The average Bonchev–Trinajstić information content (AvgIpc) is 3.98. The fourth-order valence-electron chi connectivity index (χ4n) is 7.14. The Bertz CT molecular complexity index is 1910. The Hall–Kier alpha value is -5.86. The summed E-state index contributed by atoms with van der Waals surface area (Å²) in [5, 5.41) is 7.62. The number of carbonyl (C=O) groups is 5. The van der Waals surface area contributed by atoms with Gasteiger partial charge in [-0.2, -0.15) is 0 Å². The first-order valence-electron chi connectivity index (χ1n) is 18.3. The van der Waals surface area contributed by atoms with Gasteiger partial charge in [-0.05, 0) is 60.4 Å². The van der Waals surface area contributed by atoms with Crippen molar-refractivity contribution in [2.24, 2.45) is 16.8 Å². The van der Waals surface area contributed by atoms with Crippen molar-refractivity contribution in [3.63, 3.8) is 0 Å². The minimum absolute atomic E-state index is 0.147. The van der Waals surface area contributed by atoms with Gasteiger partial charge < -0.3 is 34.9 Å². The van der Waals surface area contributed by atoms with E-state index in [1.165, 1.54) is 25.2 Å². The van der Waals surface area contributed by atoms with Crippen LogP contribution >= 0.6 is 0 Å². The lowest BCUT2D eigenvalue weighted by molar-refractivity contribution is -0.145. The molecule has 2 fully saturated rings. The van der Waals surface area contributed by atoms with Crippen LogP contribution in [0.1, 0.15) is 58.3 Å². The number of urea groups is 1. The molecule has 292 valence electrons.